The van der Waals surface area contributed by atoms with Gasteiger partial charge < -0.3 is 4.74 Å². The van der Waals surface area contributed by atoms with Crippen LogP contribution in [0.2, 0.25) is 0 Å². The van der Waals surface area contributed by atoms with E-state index >= 15 is 0 Å². The van der Waals surface area contributed by atoms with Gasteiger partial charge in [0.1, 0.15) is 12.5 Å². The zero-order chi connectivity index (χ0) is 12.1. The Morgan fingerprint density at radius 1 is 1.50 bits per heavy atom. The van der Waals surface area contributed by atoms with E-state index in [9.17, 15) is 4.79 Å². The van der Waals surface area contributed by atoms with E-state index < -0.39 is 0 Å². The summed E-state index contributed by atoms with van der Waals surface area (Å²) in [7, 11) is 0. The molecule has 0 aliphatic heterocycles. The molecule has 3 atom stereocenters. The molecule has 0 radical (unpaired) electrons. The van der Waals surface area contributed by atoms with E-state index in [2.05, 4.69) is 20.8 Å². The molecule has 3 heteroatoms. The number of nitrogens with zero attached hydrogens (tertiary/aromatic N) is 1. The highest BCUT2D eigenvalue weighted by molar-refractivity contribution is 5.71. The van der Waals surface area contributed by atoms with Crippen molar-refractivity contribution in [3.05, 3.63) is 0 Å². The van der Waals surface area contributed by atoms with Crippen molar-refractivity contribution >= 4 is 5.97 Å². The Balaban J connectivity index is 2.58. The molecular formula is C13H21NO2. The third-order valence-electron chi connectivity index (χ3n) is 3.47. The van der Waals surface area contributed by atoms with Crippen molar-refractivity contribution in [3.8, 4) is 6.07 Å². The molecule has 0 amide bonds. The Bertz CT molecular complexity index is 280. The highest BCUT2D eigenvalue weighted by atomic mass is 16.5. The predicted octanol–water partition coefficient (Wildman–Crippen LogP) is 2.90. The quantitative estimate of drug-likeness (QED) is 0.691. The number of ether oxygens (including phenoxy) is 1. The number of rotatable bonds is 3. The van der Waals surface area contributed by atoms with Gasteiger partial charge in [0, 0.05) is 0 Å². The van der Waals surface area contributed by atoms with Crippen molar-refractivity contribution in [3.63, 3.8) is 0 Å². The highest BCUT2D eigenvalue weighted by Gasteiger charge is 2.33. The summed E-state index contributed by atoms with van der Waals surface area (Å²) in [5.74, 6) is 1.24. The smallest absolute Gasteiger partial charge is 0.320 e. The van der Waals surface area contributed by atoms with Crippen molar-refractivity contribution in [1.82, 2.24) is 0 Å². The van der Waals surface area contributed by atoms with Crippen LogP contribution in [0.1, 0.15) is 46.5 Å². The Labute approximate surface area is 97.8 Å². The van der Waals surface area contributed by atoms with Crippen LogP contribution >= 0.6 is 0 Å². The number of carbonyl (C=O) groups excluding carboxylic acids is 1. The van der Waals surface area contributed by atoms with E-state index in [1.807, 2.05) is 6.07 Å². The predicted molar refractivity (Wildman–Crippen MR) is 61.5 cm³/mol. The third-order valence-corrected chi connectivity index (χ3v) is 3.47. The first-order chi connectivity index (χ1) is 7.54. The summed E-state index contributed by atoms with van der Waals surface area (Å²) in [6, 6.07) is 1.84. The maximum Gasteiger partial charge on any atom is 0.320 e. The number of esters is 1. The second-order valence-corrected chi connectivity index (χ2v) is 5.19. The minimum Gasteiger partial charge on any atom is -0.461 e. The summed E-state index contributed by atoms with van der Waals surface area (Å²) in [5, 5.41) is 8.44. The summed E-state index contributed by atoms with van der Waals surface area (Å²) in [6.45, 7) is 6.54. The van der Waals surface area contributed by atoms with Crippen LogP contribution < -0.4 is 0 Å². The molecule has 0 N–H and O–H groups in total. The van der Waals surface area contributed by atoms with Gasteiger partial charge in [-0.25, -0.2) is 0 Å². The van der Waals surface area contributed by atoms with Crippen LogP contribution in [-0.2, 0) is 9.53 Å². The summed E-state index contributed by atoms with van der Waals surface area (Å²) in [5.41, 5.74) is 0. The van der Waals surface area contributed by atoms with Gasteiger partial charge >= 0.3 is 5.97 Å². The molecule has 0 bridgehead atoms. The average molecular weight is 223 g/mol. The van der Waals surface area contributed by atoms with Crippen molar-refractivity contribution in [1.29, 1.82) is 5.26 Å². The summed E-state index contributed by atoms with van der Waals surface area (Å²) < 4.78 is 5.41. The van der Waals surface area contributed by atoms with Gasteiger partial charge in [0.2, 0.25) is 0 Å². The Morgan fingerprint density at radius 3 is 2.75 bits per heavy atom. The monoisotopic (exact) mass is 223 g/mol. The van der Waals surface area contributed by atoms with Crippen LogP contribution in [0.25, 0.3) is 0 Å². The lowest BCUT2D eigenvalue weighted by molar-refractivity contribution is -0.154. The maximum absolute atomic E-state index is 11.3. The molecule has 1 fully saturated rings. The fourth-order valence-corrected chi connectivity index (χ4v) is 2.53. The summed E-state index contributed by atoms with van der Waals surface area (Å²) >= 11 is 0. The summed E-state index contributed by atoms with van der Waals surface area (Å²) in [4.78, 5) is 11.3. The fraction of sp³-hybridized carbons (Fsp3) is 0.846. The molecular weight excluding hydrogens is 202 g/mol. The fourth-order valence-electron chi connectivity index (χ4n) is 2.53. The molecule has 0 spiro atoms. The van der Waals surface area contributed by atoms with E-state index in [1.165, 1.54) is 6.42 Å². The molecule has 1 aliphatic carbocycles. The van der Waals surface area contributed by atoms with E-state index in [4.69, 9.17) is 10.00 Å². The van der Waals surface area contributed by atoms with E-state index in [0.29, 0.717) is 17.8 Å². The third kappa shape index (κ3) is 3.52. The van der Waals surface area contributed by atoms with Crippen molar-refractivity contribution in [2.45, 2.75) is 52.6 Å². The molecule has 90 valence electrons. The second kappa shape index (κ2) is 5.89. The van der Waals surface area contributed by atoms with Crippen LogP contribution in [0, 0.1) is 29.1 Å². The van der Waals surface area contributed by atoms with E-state index in [-0.39, 0.29) is 18.5 Å². The molecule has 1 rings (SSSR count). The molecule has 1 saturated carbocycles. The molecule has 0 aromatic rings. The summed E-state index contributed by atoms with van der Waals surface area (Å²) in [6.07, 6.45) is 3.18. The van der Waals surface area contributed by atoms with Crippen LogP contribution in [0.4, 0.5) is 0 Å². The molecule has 0 unspecified atom stereocenters. The van der Waals surface area contributed by atoms with Crippen molar-refractivity contribution in [2.75, 3.05) is 0 Å². The SMILES string of the molecule is CC(C)[C@H]1CC[C@@H](C)C[C@H]1OC(=O)CC#N. The van der Waals surface area contributed by atoms with E-state index in [0.717, 1.165) is 12.8 Å². The minimum absolute atomic E-state index is 0.0181. The Kier molecular flexibility index (Phi) is 4.79. The Morgan fingerprint density at radius 2 is 2.19 bits per heavy atom. The number of nitriles is 1. The molecule has 16 heavy (non-hydrogen) atoms. The number of hydrogen-bond acceptors (Lipinski definition) is 3. The number of carbonyl (C=O) groups is 1. The van der Waals surface area contributed by atoms with Gasteiger partial charge in [-0.05, 0) is 30.6 Å². The molecule has 0 saturated heterocycles. The lowest BCUT2D eigenvalue weighted by atomic mass is 9.75. The van der Waals surface area contributed by atoms with Gasteiger partial charge in [0.25, 0.3) is 0 Å². The van der Waals surface area contributed by atoms with Gasteiger partial charge in [0.15, 0.2) is 0 Å². The lowest BCUT2D eigenvalue weighted by Crippen LogP contribution is -2.35. The topological polar surface area (TPSA) is 50.1 Å². The zero-order valence-electron chi connectivity index (χ0n) is 10.4. The van der Waals surface area contributed by atoms with Gasteiger partial charge in [-0.15, -0.1) is 0 Å². The zero-order valence-corrected chi connectivity index (χ0v) is 10.4. The van der Waals surface area contributed by atoms with Crippen molar-refractivity contribution < 1.29 is 9.53 Å². The standard InChI is InChI=1S/C13H21NO2/c1-9(2)11-5-4-10(3)8-12(11)16-13(15)6-7-14/h9-12H,4-6,8H2,1-3H3/t10-,11-,12-/m1/s1. The molecule has 3 nitrogen and oxygen atoms in total. The van der Waals surface area contributed by atoms with Crippen LogP contribution in [0.3, 0.4) is 0 Å². The van der Waals surface area contributed by atoms with Gasteiger partial charge in [-0.2, -0.15) is 5.26 Å². The van der Waals surface area contributed by atoms with Gasteiger partial charge in [-0.1, -0.05) is 27.2 Å². The van der Waals surface area contributed by atoms with E-state index in [1.54, 1.807) is 0 Å². The first kappa shape index (κ1) is 13.0. The molecule has 0 heterocycles. The van der Waals surface area contributed by atoms with Gasteiger partial charge in [-0.3, -0.25) is 4.79 Å². The first-order valence-electron chi connectivity index (χ1n) is 6.11. The molecule has 1 aliphatic rings. The highest BCUT2D eigenvalue weighted by Crippen LogP contribution is 2.35. The Hall–Kier alpha value is -1.04. The average Bonchev–Trinajstić information content (AvgIpc) is 2.17. The minimum atomic E-state index is -0.368. The van der Waals surface area contributed by atoms with Crippen LogP contribution in [0.5, 0.6) is 0 Å². The largest absolute Gasteiger partial charge is 0.461 e. The maximum atomic E-state index is 11.3. The first-order valence-corrected chi connectivity index (χ1v) is 6.11. The van der Waals surface area contributed by atoms with Crippen molar-refractivity contribution in [2.24, 2.45) is 17.8 Å². The lowest BCUT2D eigenvalue weighted by Gasteiger charge is -2.36. The molecule has 0 aromatic heterocycles. The van der Waals surface area contributed by atoms with Crippen LogP contribution in [-0.4, -0.2) is 12.1 Å². The molecule has 0 aromatic carbocycles. The van der Waals surface area contributed by atoms with Crippen LogP contribution in [0.15, 0.2) is 0 Å². The van der Waals surface area contributed by atoms with Gasteiger partial charge in [0.05, 0.1) is 6.07 Å². The number of hydrogen-bond donors (Lipinski definition) is 0. The normalized spacial score (nSPS) is 29.8. The second-order valence-electron chi connectivity index (χ2n) is 5.19.